The minimum Gasteiger partial charge on any atom is -0.493 e. The van der Waals surface area contributed by atoms with Crippen LogP contribution in [0.25, 0.3) is 10.8 Å². The molecule has 0 aromatic heterocycles. The SMILES string of the molecule is COc1cccc2c1O[C@@H](CN1C3CCC1CC(O)(c1ccc4ccccc4c1)C3)CO2. The highest BCUT2D eigenvalue weighted by Gasteiger charge is 2.49. The molecule has 3 aromatic carbocycles. The molecular weight excluding hydrogens is 402 g/mol. The van der Waals surface area contributed by atoms with Gasteiger partial charge in [-0.15, -0.1) is 0 Å². The lowest BCUT2D eigenvalue weighted by molar-refractivity contribution is -0.0688. The summed E-state index contributed by atoms with van der Waals surface area (Å²) in [6.07, 6.45) is 3.71. The molecule has 3 aliphatic heterocycles. The third-order valence-electron chi connectivity index (χ3n) is 7.49. The molecule has 3 aromatic rings. The minimum absolute atomic E-state index is 0.0474. The Bertz CT molecular complexity index is 1120. The summed E-state index contributed by atoms with van der Waals surface area (Å²) in [5.41, 5.74) is 0.273. The van der Waals surface area contributed by atoms with Crippen molar-refractivity contribution in [1.82, 2.24) is 4.90 Å². The van der Waals surface area contributed by atoms with Crippen LogP contribution in [0.2, 0.25) is 0 Å². The van der Waals surface area contributed by atoms with Crippen LogP contribution in [0.1, 0.15) is 31.2 Å². The highest BCUT2D eigenvalue weighted by molar-refractivity contribution is 5.83. The Kier molecular flexibility index (Phi) is 4.77. The predicted molar refractivity (Wildman–Crippen MR) is 123 cm³/mol. The van der Waals surface area contributed by atoms with Gasteiger partial charge in [-0.2, -0.15) is 0 Å². The first-order valence-corrected chi connectivity index (χ1v) is 11.6. The predicted octanol–water partition coefficient (Wildman–Crippen LogP) is 4.50. The van der Waals surface area contributed by atoms with E-state index in [4.69, 9.17) is 14.2 Å². The maximum atomic E-state index is 11.7. The van der Waals surface area contributed by atoms with E-state index in [1.165, 1.54) is 10.8 Å². The smallest absolute Gasteiger partial charge is 0.204 e. The lowest BCUT2D eigenvalue weighted by Gasteiger charge is -2.45. The standard InChI is InChI=1S/C27H29NO4/c1-30-24-7-4-8-25-26(24)32-23(17-31-25)16-28-21-11-12-22(28)15-27(29,14-21)20-10-9-18-5-2-3-6-19(18)13-20/h2-10,13,21-23,29H,11-12,14-17H2,1H3/t21?,22?,23-,27?/m0/s1. The zero-order valence-corrected chi connectivity index (χ0v) is 18.4. The Hall–Kier alpha value is -2.76. The van der Waals surface area contributed by atoms with E-state index in [0.29, 0.717) is 30.2 Å². The molecule has 2 saturated heterocycles. The summed E-state index contributed by atoms with van der Waals surface area (Å²) in [6.45, 7) is 1.34. The van der Waals surface area contributed by atoms with Gasteiger partial charge in [-0.25, -0.2) is 0 Å². The van der Waals surface area contributed by atoms with Crippen LogP contribution in [-0.2, 0) is 5.60 Å². The fraction of sp³-hybridized carbons (Fsp3) is 0.407. The van der Waals surface area contributed by atoms with Crippen molar-refractivity contribution in [3.63, 3.8) is 0 Å². The highest BCUT2D eigenvalue weighted by atomic mass is 16.6. The van der Waals surface area contributed by atoms with Crippen LogP contribution in [0.4, 0.5) is 0 Å². The molecule has 2 bridgehead atoms. The molecule has 3 aliphatic rings. The molecule has 5 nitrogen and oxygen atoms in total. The van der Waals surface area contributed by atoms with Gasteiger partial charge in [0, 0.05) is 18.6 Å². The molecule has 0 aliphatic carbocycles. The van der Waals surface area contributed by atoms with E-state index in [9.17, 15) is 5.11 Å². The zero-order valence-electron chi connectivity index (χ0n) is 18.4. The molecule has 2 fully saturated rings. The van der Waals surface area contributed by atoms with Gasteiger partial charge >= 0.3 is 0 Å². The topological polar surface area (TPSA) is 51.2 Å². The monoisotopic (exact) mass is 431 g/mol. The van der Waals surface area contributed by atoms with Crippen LogP contribution in [0, 0.1) is 0 Å². The van der Waals surface area contributed by atoms with Crippen LogP contribution >= 0.6 is 0 Å². The summed E-state index contributed by atoms with van der Waals surface area (Å²) < 4.78 is 17.8. The molecule has 0 amide bonds. The fourth-order valence-electron chi connectivity index (χ4n) is 5.92. The van der Waals surface area contributed by atoms with Crippen LogP contribution in [-0.4, -0.2) is 48.5 Å². The van der Waals surface area contributed by atoms with Crippen molar-refractivity contribution >= 4 is 10.8 Å². The first-order chi connectivity index (χ1) is 15.6. The molecule has 3 heterocycles. The Balaban J connectivity index is 1.20. The molecule has 6 rings (SSSR count). The normalized spacial score (nSPS) is 29.2. The summed E-state index contributed by atoms with van der Waals surface area (Å²) in [5.74, 6) is 2.15. The maximum absolute atomic E-state index is 11.7. The number of fused-ring (bicyclic) bond motifs is 4. The average Bonchev–Trinajstić information content (AvgIpc) is 3.07. The van der Waals surface area contributed by atoms with E-state index in [0.717, 1.165) is 43.5 Å². The third kappa shape index (κ3) is 3.31. The zero-order chi connectivity index (χ0) is 21.7. The number of benzene rings is 3. The maximum Gasteiger partial charge on any atom is 0.204 e. The molecule has 32 heavy (non-hydrogen) atoms. The Morgan fingerprint density at radius 3 is 2.56 bits per heavy atom. The number of hydrogen-bond donors (Lipinski definition) is 1. The molecule has 2 unspecified atom stereocenters. The lowest BCUT2D eigenvalue weighted by atomic mass is 9.80. The largest absolute Gasteiger partial charge is 0.493 e. The Morgan fingerprint density at radius 2 is 1.78 bits per heavy atom. The molecular formula is C27H29NO4. The van der Waals surface area contributed by atoms with Crippen LogP contribution < -0.4 is 14.2 Å². The number of hydrogen-bond acceptors (Lipinski definition) is 5. The summed E-state index contributed by atoms with van der Waals surface area (Å²) >= 11 is 0. The van der Waals surface area contributed by atoms with E-state index < -0.39 is 5.60 Å². The summed E-state index contributed by atoms with van der Waals surface area (Å²) in [4.78, 5) is 2.55. The third-order valence-corrected chi connectivity index (χ3v) is 7.49. The minimum atomic E-state index is -0.772. The van der Waals surface area contributed by atoms with Crippen molar-refractivity contribution in [3.05, 3.63) is 66.2 Å². The lowest BCUT2D eigenvalue weighted by Crippen LogP contribution is -2.53. The van der Waals surface area contributed by atoms with Gasteiger partial charge in [0.15, 0.2) is 11.5 Å². The number of ether oxygens (including phenoxy) is 3. The number of para-hydroxylation sites is 1. The van der Waals surface area contributed by atoms with E-state index in [-0.39, 0.29) is 6.10 Å². The van der Waals surface area contributed by atoms with E-state index in [2.05, 4.69) is 47.4 Å². The number of piperidine rings is 1. The van der Waals surface area contributed by atoms with Crippen molar-refractivity contribution in [2.24, 2.45) is 0 Å². The van der Waals surface area contributed by atoms with Gasteiger partial charge in [0.1, 0.15) is 12.7 Å². The van der Waals surface area contributed by atoms with E-state index in [1.54, 1.807) is 7.11 Å². The van der Waals surface area contributed by atoms with Gasteiger partial charge in [0.25, 0.3) is 0 Å². The van der Waals surface area contributed by atoms with Crippen molar-refractivity contribution in [1.29, 1.82) is 0 Å². The summed E-state index contributed by atoms with van der Waals surface area (Å²) in [6, 6.07) is 21.2. The fourth-order valence-corrected chi connectivity index (χ4v) is 5.92. The van der Waals surface area contributed by atoms with Crippen LogP contribution in [0.15, 0.2) is 60.7 Å². The van der Waals surface area contributed by atoms with Crippen molar-refractivity contribution < 1.29 is 19.3 Å². The van der Waals surface area contributed by atoms with Gasteiger partial charge < -0.3 is 19.3 Å². The molecule has 5 heteroatoms. The van der Waals surface area contributed by atoms with Gasteiger partial charge in [-0.1, -0.05) is 42.5 Å². The van der Waals surface area contributed by atoms with Gasteiger partial charge in [0.05, 0.1) is 12.7 Å². The molecule has 3 atom stereocenters. The van der Waals surface area contributed by atoms with Crippen LogP contribution in [0.3, 0.4) is 0 Å². The van der Waals surface area contributed by atoms with Gasteiger partial charge in [0.2, 0.25) is 5.75 Å². The summed E-state index contributed by atoms with van der Waals surface area (Å²) in [7, 11) is 1.65. The quantitative estimate of drug-likeness (QED) is 0.659. The first kappa shape index (κ1) is 19.9. The van der Waals surface area contributed by atoms with Crippen LogP contribution in [0.5, 0.6) is 17.2 Å². The molecule has 1 N–H and O–H groups in total. The average molecular weight is 432 g/mol. The van der Waals surface area contributed by atoms with E-state index >= 15 is 0 Å². The number of nitrogens with zero attached hydrogens (tertiary/aromatic N) is 1. The second kappa shape index (κ2) is 7.68. The highest BCUT2D eigenvalue weighted by Crippen LogP contribution is 2.47. The Morgan fingerprint density at radius 1 is 1.00 bits per heavy atom. The van der Waals surface area contributed by atoms with Gasteiger partial charge in [-0.3, -0.25) is 4.90 Å². The molecule has 0 spiro atoms. The first-order valence-electron chi connectivity index (χ1n) is 11.6. The van der Waals surface area contributed by atoms with Gasteiger partial charge in [-0.05, 0) is 60.2 Å². The van der Waals surface area contributed by atoms with Crippen molar-refractivity contribution in [3.8, 4) is 17.2 Å². The molecule has 0 saturated carbocycles. The van der Waals surface area contributed by atoms with Crippen molar-refractivity contribution in [2.45, 2.75) is 49.5 Å². The second-order valence-corrected chi connectivity index (χ2v) is 9.42. The Labute approximate surface area is 188 Å². The molecule has 0 radical (unpaired) electrons. The number of aliphatic hydroxyl groups is 1. The number of methoxy groups -OCH3 is 1. The molecule has 166 valence electrons. The summed E-state index contributed by atoms with van der Waals surface area (Å²) in [5, 5.41) is 14.1. The van der Waals surface area contributed by atoms with E-state index in [1.807, 2.05) is 18.2 Å². The van der Waals surface area contributed by atoms with Crippen molar-refractivity contribution in [2.75, 3.05) is 20.3 Å². The second-order valence-electron chi connectivity index (χ2n) is 9.42. The number of rotatable bonds is 4.